The van der Waals surface area contributed by atoms with E-state index < -0.39 is 17.9 Å². The highest BCUT2D eigenvalue weighted by Crippen LogP contribution is 2.47. The summed E-state index contributed by atoms with van der Waals surface area (Å²) in [6.45, 7) is 12.4. The molecule has 1 unspecified atom stereocenters. The molecular formula is C21H30O5. The van der Waals surface area contributed by atoms with Gasteiger partial charge in [-0.25, -0.2) is 4.79 Å². The second kappa shape index (κ2) is 8.11. The van der Waals surface area contributed by atoms with Crippen LogP contribution in [0.4, 0.5) is 0 Å². The van der Waals surface area contributed by atoms with Gasteiger partial charge in [0.2, 0.25) is 5.79 Å². The Kier molecular flexibility index (Phi) is 6.87. The molecular weight excluding hydrogens is 332 g/mol. The van der Waals surface area contributed by atoms with Crippen molar-refractivity contribution in [1.82, 2.24) is 0 Å². The zero-order valence-electron chi connectivity index (χ0n) is 17.0. The summed E-state index contributed by atoms with van der Waals surface area (Å²) in [4.78, 5) is 11.0. The first-order valence-electron chi connectivity index (χ1n) is 8.49. The van der Waals surface area contributed by atoms with Crippen LogP contribution in [0.2, 0.25) is 0 Å². The van der Waals surface area contributed by atoms with Gasteiger partial charge in [0.15, 0.2) is 0 Å². The summed E-state index contributed by atoms with van der Waals surface area (Å²) < 4.78 is 16.6. The maximum Gasteiger partial charge on any atom is 0.384 e. The molecule has 5 nitrogen and oxygen atoms in total. The summed E-state index contributed by atoms with van der Waals surface area (Å²) in [6, 6.07) is 6.92. The molecule has 0 amide bonds. The van der Waals surface area contributed by atoms with E-state index in [1.165, 1.54) is 7.11 Å². The van der Waals surface area contributed by atoms with Crippen LogP contribution >= 0.6 is 0 Å². The summed E-state index contributed by atoms with van der Waals surface area (Å²) in [5.74, 6) is 3.73. The third kappa shape index (κ3) is 4.78. The number of esters is 1. The van der Waals surface area contributed by atoms with Crippen LogP contribution in [0.1, 0.15) is 53.2 Å². The maximum absolute atomic E-state index is 11.0. The van der Waals surface area contributed by atoms with E-state index in [-0.39, 0.29) is 10.8 Å². The van der Waals surface area contributed by atoms with Gasteiger partial charge in [-0.1, -0.05) is 59.6 Å². The van der Waals surface area contributed by atoms with Crippen molar-refractivity contribution in [3.8, 4) is 17.6 Å². The van der Waals surface area contributed by atoms with Crippen molar-refractivity contribution < 1.29 is 24.1 Å². The number of hydrogen-bond acceptors (Lipinski definition) is 5. The van der Waals surface area contributed by atoms with Crippen molar-refractivity contribution in [2.45, 2.75) is 53.4 Å². The molecule has 0 aliphatic carbocycles. The number of carbonyl (C=O) groups excluding carboxylic acids is 1. The van der Waals surface area contributed by atoms with E-state index in [0.717, 1.165) is 0 Å². The Morgan fingerprint density at radius 1 is 1.00 bits per heavy atom. The second-order valence-electron chi connectivity index (χ2n) is 8.16. The van der Waals surface area contributed by atoms with Gasteiger partial charge in [-0.3, -0.25) is 0 Å². The quantitative estimate of drug-likeness (QED) is 0.383. The van der Waals surface area contributed by atoms with Crippen LogP contribution in [0.15, 0.2) is 24.3 Å². The van der Waals surface area contributed by atoms with Crippen LogP contribution in [0.25, 0.3) is 0 Å². The molecule has 0 radical (unpaired) electrons. The monoisotopic (exact) mass is 362 g/mol. The molecule has 1 atom stereocenters. The molecule has 1 aromatic carbocycles. The number of benzene rings is 1. The van der Waals surface area contributed by atoms with Crippen molar-refractivity contribution in [3.05, 3.63) is 29.8 Å². The van der Waals surface area contributed by atoms with Gasteiger partial charge in [0.1, 0.15) is 11.9 Å². The fraction of sp³-hybridized carbons (Fsp3) is 0.571. The van der Waals surface area contributed by atoms with Crippen LogP contribution in [0, 0.1) is 22.7 Å². The zero-order chi connectivity index (χ0) is 20.2. The van der Waals surface area contributed by atoms with Gasteiger partial charge < -0.3 is 19.3 Å². The molecule has 5 heteroatoms. The summed E-state index contributed by atoms with van der Waals surface area (Å²) in [7, 11) is 2.89. The molecule has 0 saturated carbocycles. The lowest BCUT2D eigenvalue weighted by atomic mass is 9.70. The topological polar surface area (TPSA) is 65.0 Å². The molecule has 144 valence electrons. The Balaban J connectivity index is 3.10. The minimum atomic E-state index is -1.08. The van der Waals surface area contributed by atoms with E-state index in [2.05, 4.69) is 58.1 Å². The molecule has 0 aliphatic rings. The number of carbonyl (C=O) groups is 1. The zero-order valence-corrected chi connectivity index (χ0v) is 17.0. The minimum absolute atomic E-state index is 0.288. The normalized spacial score (nSPS) is 13.4. The Hall–Kier alpha value is -2.03. The van der Waals surface area contributed by atoms with Crippen LogP contribution in [-0.4, -0.2) is 31.1 Å². The highest BCUT2D eigenvalue weighted by molar-refractivity contribution is 5.88. The van der Waals surface area contributed by atoms with Crippen molar-refractivity contribution in [2.75, 3.05) is 14.2 Å². The Morgan fingerprint density at radius 3 is 1.88 bits per heavy atom. The Labute approximate surface area is 156 Å². The first-order chi connectivity index (χ1) is 11.9. The van der Waals surface area contributed by atoms with Gasteiger partial charge in [-0.2, -0.15) is 0 Å². The third-order valence-corrected chi connectivity index (χ3v) is 4.22. The molecule has 0 bridgehead atoms. The van der Waals surface area contributed by atoms with Crippen molar-refractivity contribution in [2.24, 2.45) is 10.8 Å². The highest BCUT2D eigenvalue weighted by atomic mass is 16.7. The van der Waals surface area contributed by atoms with E-state index in [9.17, 15) is 9.90 Å². The molecule has 1 N–H and O–H groups in total. The summed E-state index contributed by atoms with van der Waals surface area (Å²) in [5, 5.41) is 10.0. The van der Waals surface area contributed by atoms with Gasteiger partial charge in [0, 0.05) is 23.9 Å². The molecule has 26 heavy (non-hydrogen) atoms. The molecule has 0 spiro atoms. The first-order valence-corrected chi connectivity index (χ1v) is 8.49. The largest absolute Gasteiger partial charge is 0.461 e. The van der Waals surface area contributed by atoms with E-state index in [1.54, 1.807) is 31.4 Å². The average Bonchev–Trinajstić information content (AvgIpc) is 2.55. The molecule has 0 fully saturated rings. The summed E-state index contributed by atoms with van der Waals surface area (Å²) in [5.41, 5.74) is -0.0165. The van der Waals surface area contributed by atoms with E-state index in [0.29, 0.717) is 11.3 Å². The van der Waals surface area contributed by atoms with Crippen molar-refractivity contribution in [1.29, 1.82) is 0 Å². The maximum atomic E-state index is 11.0. The van der Waals surface area contributed by atoms with Crippen LogP contribution in [0.3, 0.4) is 0 Å². The molecule has 0 saturated heterocycles. The van der Waals surface area contributed by atoms with Gasteiger partial charge in [0.05, 0.1) is 7.11 Å². The minimum Gasteiger partial charge on any atom is -0.461 e. The van der Waals surface area contributed by atoms with E-state index in [1.807, 2.05) is 0 Å². The first kappa shape index (κ1) is 22.0. The van der Waals surface area contributed by atoms with E-state index in [4.69, 9.17) is 9.47 Å². The van der Waals surface area contributed by atoms with Crippen LogP contribution in [0.5, 0.6) is 5.75 Å². The van der Waals surface area contributed by atoms with Crippen molar-refractivity contribution >= 4 is 5.97 Å². The standard InChI is InChI=1S/C21H30O5/c1-19(2,3)21(25-8,20(4,5)6)26-16-11-9-15(10-12-16)17(22)13-14-18(23)24-7/h9-12,17,22H,1-8H3. The fourth-order valence-corrected chi connectivity index (χ4v) is 3.23. The predicted molar refractivity (Wildman–Crippen MR) is 100 cm³/mol. The van der Waals surface area contributed by atoms with Crippen molar-refractivity contribution in [3.63, 3.8) is 0 Å². The average molecular weight is 362 g/mol. The van der Waals surface area contributed by atoms with Crippen LogP contribution < -0.4 is 4.74 Å². The number of ether oxygens (including phenoxy) is 3. The molecule has 0 heterocycles. The van der Waals surface area contributed by atoms with Gasteiger partial charge in [-0.05, 0) is 17.7 Å². The summed E-state index contributed by atoms with van der Waals surface area (Å²) in [6.07, 6.45) is -1.08. The smallest absolute Gasteiger partial charge is 0.384 e. The van der Waals surface area contributed by atoms with Crippen LogP contribution in [-0.2, 0) is 14.3 Å². The second-order valence-corrected chi connectivity index (χ2v) is 8.16. The Morgan fingerprint density at radius 2 is 1.50 bits per heavy atom. The van der Waals surface area contributed by atoms with Gasteiger partial charge in [0.25, 0.3) is 0 Å². The SMILES string of the molecule is COC(=O)C#CC(O)c1ccc(OC(OC)(C(C)(C)C)C(C)(C)C)cc1. The fourth-order valence-electron chi connectivity index (χ4n) is 3.23. The third-order valence-electron chi connectivity index (χ3n) is 4.22. The molecule has 1 aromatic rings. The number of hydrogen-bond donors (Lipinski definition) is 1. The van der Waals surface area contributed by atoms with E-state index >= 15 is 0 Å². The number of aliphatic hydroxyl groups is 1. The Bertz CT molecular complexity index is 652. The highest BCUT2D eigenvalue weighted by Gasteiger charge is 2.54. The lowest BCUT2D eigenvalue weighted by Gasteiger charge is -2.51. The molecule has 1 rings (SSSR count). The lowest BCUT2D eigenvalue weighted by Crippen LogP contribution is -2.59. The number of aliphatic hydroxyl groups excluding tert-OH is 1. The molecule has 0 aliphatic heterocycles. The van der Waals surface area contributed by atoms with Gasteiger partial charge >= 0.3 is 5.97 Å². The van der Waals surface area contributed by atoms with Gasteiger partial charge in [-0.15, -0.1) is 0 Å². The number of methoxy groups -OCH3 is 2. The summed E-state index contributed by atoms with van der Waals surface area (Å²) >= 11 is 0. The number of rotatable bonds is 4. The predicted octanol–water partition coefficient (Wildman–Crippen LogP) is 3.71. The molecule has 0 aromatic heterocycles. The lowest BCUT2D eigenvalue weighted by molar-refractivity contribution is -0.283.